The van der Waals surface area contributed by atoms with Crippen molar-refractivity contribution in [3.63, 3.8) is 0 Å². The highest BCUT2D eigenvalue weighted by Crippen LogP contribution is 2.27. The number of hydrogen-bond donors (Lipinski definition) is 0. The summed E-state index contributed by atoms with van der Waals surface area (Å²) in [4.78, 5) is 0.401. The predicted molar refractivity (Wildman–Crippen MR) is 82.1 cm³/mol. The average molecular weight is 293 g/mol. The van der Waals surface area contributed by atoms with Gasteiger partial charge in [-0.1, -0.05) is 36.3 Å². The molecule has 1 aromatic carbocycles. The lowest BCUT2D eigenvalue weighted by Gasteiger charge is -2.22. The molecule has 3 nitrogen and oxygen atoms in total. The lowest BCUT2D eigenvalue weighted by Crippen LogP contribution is -2.34. The molecule has 20 heavy (non-hydrogen) atoms. The predicted octanol–water partition coefficient (Wildman–Crippen LogP) is 3.50. The number of benzene rings is 1. The maximum Gasteiger partial charge on any atom is 0.243 e. The van der Waals surface area contributed by atoms with Crippen molar-refractivity contribution in [2.75, 3.05) is 6.54 Å². The number of hydrogen-bond acceptors (Lipinski definition) is 2. The zero-order valence-electron chi connectivity index (χ0n) is 12.5. The molecule has 1 heterocycles. The lowest BCUT2D eigenvalue weighted by atomic mass is 10.1. The van der Waals surface area contributed by atoms with E-state index in [4.69, 9.17) is 0 Å². The highest BCUT2D eigenvalue weighted by Gasteiger charge is 2.33. The number of aryl methyl sites for hydroxylation is 1. The summed E-state index contributed by atoms with van der Waals surface area (Å²) in [5, 5.41) is 0. The van der Waals surface area contributed by atoms with E-state index in [1.165, 1.54) is 5.57 Å². The average Bonchev–Trinajstić information content (AvgIpc) is 2.88. The van der Waals surface area contributed by atoms with Crippen molar-refractivity contribution in [2.45, 2.75) is 51.0 Å². The number of rotatable bonds is 4. The third-order valence-corrected chi connectivity index (χ3v) is 5.85. The first-order valence-electron chi connectivity index (χ1n) is 7.21. The summed E-state index contributed by atoms with van der Waals surface area (Å²) < 4.78 is 27.1. The van der Waals surface area contributed by atoms with Crippen LogP contribution in [0.4, 0.5) is 0 Å². The van der Waals surface area contributed by atoms with Crippen LogP contribution in [0.2, 0.25) is 0 Å². The van der Waals surface area contributed by atoms with Gasteiger partial charge in [0, 0.05) is 12.6 Å². The van der Waals surface area contributed by atoms with Crippen LogP contribution in [-0.4, -0.2) is 25.3 Å². The summed E-state index contributed by atoms with van der Waals surface area (Å²) in [6.07, 6.45) is 4.93. The Labute approximate surface area is 122 Å². The van der Waals surface area contributed by atoms with Gasteiger partial charge in [0.1, 0.15) is 0 Å². The first-order chi connectivity index (χ1) is 9.45. The monoisotopic (exact) mass is 293 g/mol. The van der Waals surface area contributed by atoms with Gasteiger partial charge in [0.05, 0.1) is 4.90 Å². The van der Waals surface area contributed by atoms with Crippen LogP contribution in [0.25, 0.3) is 0 Å². The fourth-order valence-corrected chi connectivity index (χ4v) is 4.17. The van der Waals surface area contributed by atoms with Gasteiger partial charge in [-0.15, -0.1) is 0 Å². The molecule has 2 rings (SSSR count). The zero-order valence-corrected chi connectivity index (χ0v) is 13.3. The van der Waals surface area contributed by atoms with Gasteiger partial charge in [-0.3, -0.25) is 0 Å². The van der Waals surface area contributed by atoms with Crippen molar-refractivity contribution >= 4 is 10.0 Å². The van der Waals surface area contributed by atoms with Gasteiger partial charge >= 0.3 is 0 Å². The molecule has 0 spiro atoms. The Bertz CT molecular complexity index is 587. The van der Waals surface area contributed by atoms with Gasteiger partial charge in [0.2, 0.25) is 10.0 Å². The maximum atomic E-state index is 12.7. The van der Waals surface area contributed by atoms with E-state index in [0.717, 1.165) is 24.8 Å². The number of allylic oxidation sites excluding steroid dienone is 1. The van der Waals surface area contributed by atoms with Crippen molar-refractivity contribution in [1.82, 2.24) is 4.31 Å². The number of sulfonamides is 1. The minimum atomic E-state index is -3.37. The van der Waals surface area contributed by atoms with E-state index in [-0.39, 0.29) is 6.04 Å². The van der Waals surface area contributed by atoms with E-state index in [9.17, 15) is 8.42 Å². The largest absolute Gasteiger partial charge is 0.243 e. The molecule has 1 fully saturated rings. The molecule has 0 bridgehead atoms. The van der Waals surface area contributed by atoms with E-state index in [1.54, 1.807) is 16.4 Å². The van der Waals surface area contributed by atoms with E-state index >= 15 is 0 Å². The van der Waals surface area contributed by atoms with Gasteiger partial charge in [-0.25, -0.2) is 8.42 Å². The van der Waals surface area contributed by atoms with Crippen LogP contribution in [0.3, 0.4) is 0 Å². The summed E-state index contributed by atoms with van der Waals surface area (Å²) in [6.45, 7) is 6.74. The molecule has 4 heteroatoms. The summed E-state index contributed by atoms with van der Waals surface area (Å²) in [5.74, 6) is 0. The standard InChI is InChI=1S/C16H23NO2S/c1-4-13(2)12-15-6-5-11-17(15)20(18,19)16-9-7-14(3)8-10-16/h7-10,12,15H,4-6,11H2,1-3H3/b13-12+/t15-/m0/s1. The molecule has 0 unspecified atom stereocenters. The van der Waals surface area contributed by atoms with E-state index < -0.39 is 10.0 Å². The second-order valence-electron chi connectivity index (χ2n) is 5.50. The second kappa shape index (κ2) is 6.10. The van der Waals surface area contributed by atoms with Gasteiger partial charge in [-0.2, -0.15) is 4.31 Å². The molecule has 0 aliphatic carbocycles. The summed E-state index contributed by atoms with van der Waals surface area (Å²) in [6, 6.07) is 7.13. The van der Waals surface area contributed by atoms with Crippen LogP contribution in [0.15, 0.2) is 40.8 Å². The normalized spacial score (nSPS) is 21.4. The molecule has 1 saturated heterocycles. The Morgan fingerprint density at radius 1 is 1.35 bits per heavy atom. The third-order valence-electron chi connectivity index (χ3n) is 3.91. The van der Waals surface area contributed by atoms with Crippen molar-refractivity contribution in [3.8, 4) is 0 Å². The topological polar surface area (TPSA) is 37.4 Å². The lowest BCUT2D eigenvalue weighted by molar-refractivity contribution is 0.431. The molecule has 1 atom stereocenters. The van der Waals surface area contributed by atoms with Gasteiger partial charge < -0.3 is 0 Å². The van der Waals surface area contributed by atoms with Crippen molar-refractivity contribution in [2.24, 2.45) is 0 Å². The van der Waals surface area contributed by atoms with Gasteiger partial charge in [-0.05, 0) is 45.2 Å². The quantitative estimate of drug-likeness (QED) is 0.797. The van der Waals surface area contributed by atoms with Crippen LogP contribution in [0.1, 0.15) is 38.7 Å². The zero-order chi connectivity index (χ0) is 14.8. The van der Waals surface area contributed by atoms with E-state index in [2.05, 4.69) is 19.9 Å². The molecular formula is C16H23NO2S. The molecule has 1 aliphatic heterocycles. The minimum absolute atomic E-state index is 0.0150. The molecular weight excluding hydrogens is 270 g/mol. The van der Waals surface area contributed by atoms with Crippen molar-refractivity contribution in [3.05, 3.63) is 41.5 Å². The Morgan fingerprint density at radius 3 is 2.60 bits per heavy atom. The molecule has 0 saturated carbocycles. The number of nitrogens with zero attached hydrogens (tertiary/aromatic N) is 1. The second-order valence-corrected chi connectivity index (χ2v) is 7.40. The maximum absolute atomic E-state index is 12.7. The Hall–Kier alpha value is -1.13. The molecule has 0 radical (unpaired) electrons. The Morgan fingerprint density at radius 2 is 2.00 bits per heavy atom. The molecule has 0 aromatic heterocycles. The smallest absolute Gasteiger partial charge is 0.207 e. The summed E-state index contributed by atoms with van der Waals surface area (Å²) in [5.41, 5.74) is 2.32. The SMILES string of the molecule is CC/C(C)=C/[C@@H]1CCCN1S(=O)(=O)c1ccc(C)cc1. The molecule has 110 valence electrons. The van der Waals surface area contributed by atoms with Crippen LogP contribution in [0, 0.1) is 6.92 Å². The first kappa shape index (κ1) is 15.3. The molecule has 1 aromatic rings. The van der Waals surface area contributed by atoms with E-state index in [1.807, 2.05) is 19.1 Å². The van der Waals surface area contributed by atoms with Gasteiger partial charge in [0.25, 0.3) is 0 Å². The summed E-state index contributed by atoms with van der Waals surface area (Å²) in [7, 11) is -3.37. The molecule has 1 aliphatic rings. The highest BCUT2D eigenvalue weighted by atomic mass is 32.2. The van der Waals surface area contributed by atoms with Crippen molar-refractivity contribution in [1.29, 1.82) is 0 Å². The Balaban J connectivity index is 2.31. The minimum Gasteiger partial charge on any atom is -0.207 e. The van der Waals surface area contributed by atoms with Crippen LogP contribution >= 0.6 is 0 Å². The highest BCUT2D eigenvalue weighted by molar-refractivity contribution is 7.89. The van der Waals surface area contributed by atoms with E-state index in [0.29, 0.717) is 11.4 Å². The first-order valence-corrected chi connectivity index (χ1v) is 8.65. The van der Waals surface area contributed by atoms with Crippen LogP contribution in [-0.2, 0) is 10.0 Å². The molecule has 0 N–H and O–H groups in total. The fraction of sp³-hybridized carbons (Fsp3) is 0.500. The van der Waals surface area contributed by atoms with Crippen LogP contribution in [0.5, 0.6) is 0 Å². The fourth-order valence-electron chi connectivity index (χ4n) is 2.52. The summed E-state index contributed by atoms with van der Waals surface area (Å²) >= 11 is 0. The Kier molecular flexibility index (Phi) is 4.66. The molecule has 0 amide bonds. The van der Waals surface area contributed by atoms with Crippen molar-refractivity contribution < 1.29 is 8.42 Å². The third kappa shape index (κ3) is 3.13. The van der Waals surface area contributed by atoms with Gasteiger partial charge in [0.15, 0.2) is 0 Å². The van der Waals surface area contributed by atoms with Crippen LogP contribution < -0.4 is 0 Å².